The van der Waals surface area contributed by atoms with E-state index in [1.165, 1.54) is 5.56 Å². The van der Waals surface area contributed by atoms with Crippen LogP contribution in [-0.2, 0) is 4.79 Å². The average molecular weight is 263 g/mol. The summed E-state index contributed by atoms with van der Waals surface area (Å²) in [6.07, 6.45) is 0. The van der Waals surface area contributed by atoms with Gasteiger partial charge in [-0.25, -0.2) is 0 Å². The van der Waals surface area contributed by atoms with E-state index in [-0.39, 0.29) is 17.9 Å². The summed E-state index contributed by atoms with van der Waals surface area (Å²) in [7, 11) is 5.91. The number of nitrogens with zero attached hydrogens (tertiary/aromatic N) is 1. The second-order valence-corrected chi connectivity index (χ2v) is 5.09. The summed E-state index contributed by atoms with van der Waals surface area (Å²) < 4.78 is 0. The predicted molar refractivity (Wildman–Crippen MR) is 79.0 cm³/mol. The molecule has 2 unspecified atom stereocenters. The highest BCUT2D eigenvalue weighted by Gasteiger charge is 2.17. The molecular weight excluding hydrogens is 238 g/mol. The Labute approximate surface area is 116 Å². The van der Waals surface area contributed by atoms with E-state index in [1.807, 2.05) is 46.3 Å². The smallest absolute Gasteiger partial charge is 0.224 e. The molecule has 0 aliphatic carbocycles. The first kappa shape index (κ1) is 15.7. The summed E-state index contributed by atoms with van der Waals surface area (Å²) >= 11 is 0. The van der Waals surface area contributed by atoms with E-state index in [1.54, 1.807) is 0 Å². The molecule has 1 aromatic rings. The molecule has 0 heterocycles. The predicted octanol–water partition coefficient (Wildman–Crippen LogP) is 1.26. The molecule has 106 valence electrons. The molecule has 0 aliphatic heterocycles. The van der Waals surface area contributed by atoms with Crippen molar-refractivity contribution < 1.29 is 4.79 Å². The normalized spacial score (nSPS) is 14.2. The lowest BCUT2D eigenvalue weighted by molar-refractivity contribution is -0.124. The Morgan fingerprint density at radius 3 is 2.37 bits per heavy atom. The number of hydrogen-bond donors (Lipinski definition) is 2. The number of rotatable bonds is 7. The van der Waals surface area contributed by atoms with Gasteiger partial charge in [0.2, 0.25) is 5.91 Å². The van der Waals surface area contributed by atoms with Crippen LogP contribution in [0.3, 0.4) is 0 Å². The van der Waals surface area contributed by atoms with E-state index in [2.05, 4.69) is 27.7 Å². The Morgan fingerprint density at radius 2 is 1.84 bits per heavy atom. The molecule has 0 fully saturated rings. The second-order valence-electron chi connectivity index (χ2n) is 5.09. The average Bonchev–Trinajstić information content (AvgIpc) is 2.39. The van der Waals surface area contributed by atoms with Gasteiger partial charge in [0.1, 0.15) is 0 Å². The van der Waals surface area contributed by atoms with Gasteiger partial charge in [0.15, 0.2) is 0 Å². The third-order valence-corrected chi connectivity index (χ3v) is 3.24. The Hall–Kier alpha value is -1.39. The lowest BCUT2D eigenvalue weighted by atomic mass is 10.1. The van der Waals surface area contributed by atoms with Crippen LogP contribution in [-0.4, -0.2) is 45.0 Å². The van der Waals surface area contributed by atoms with Crippen LogP contribution < -0.4 is 10.6 Å². The van der Waals surface area contributed by atoms with Gasteiger partial charge < -0.3 is 15.5 Å². The third kappa shape index (κ3) is 5.01. The Kier molecular flexibility index (Phi) is 6.53. The van der Waals surface area contributed by atoms with Gasteiger partial charge in [0, 0.05) is 19.0 Å². The number of likely N-dealkylation sites (N-methyl/N-ethyl adjacent to an activating group) is 1. The van der Waals surface area contributed by atoms with Gasteiger partial charge in [-0.15, -0.1) is 0 Å². The van der Waals surface area contributed by atoms with Crippen LogP contribution in [0.2, 0.25) is 0 Å². The fourth-order valence-electron chi connectivity index (χ4n) is 2.04. The molecule has 0 aliphatic rings. The molecule has 19 heavy (non-hydrogen) atoms. The second kappa shape index (κ2) is 7.92. The molecule has 4 nitrogen and oxygen atoms in total. The van der Waals surface area contributed by atoms with Gasteiger partial charge in [-0.2, -0.15) is 0 Å². The lowest BCUT2D eigenvalue weighted by Gasteiger charge is -2.25. The summed E-state index contributed by atoms with van der Waals surface area (Å²) in [4.78, 5) is 14.0. The van der Waals surface area contributed by atoms with Crippen molar-refractivity contribution in [3.63, 3.8) is 0 Å². The van der Waals surface area contributed by atoms with Crippen LogP contribution in [0.15, 0.2) is 30.3 Å². The number of nitrogens with one attached hydrogen (secondary N) is 2. The van der Waals surface area contributed by atoms with Crippen molar-refractivity contribution in [3.8, 4) is 0 Å². The van der Waals surface area contributed by atoms with Crippen molar-refractivity contribution in [2.24, 2.45) is 5.92 Å². The molecule has 1 aromatic carbocycles. The van der Waals surface area contributed by atoms with Crippen LogP contribution in [0.1, 0.15) is 18.5 Å². The van der Waals surface area contributed by atoms with Gasteiger partial charge in [0.25, 0.3) is 0 Å². The van der Waals surface area contributed by atoms with Crippen molar-refractivity contribution >= 4 is 5.91 Å². The Balaban J connectivity index is 2.59. The van der Waals surface area contributed by atoms with Crippen molar-refractivity contribution in [3.05, 3.63) is 35.9 Å². The molecule has 0 aromatic heterocycles. The maximum Gasteiger partial charge on any atom is 0.224 e. The number of benzene rings is 1. The molecule has 2 atom stereocenters. The van der Waals surface area contributed by atoms with Crippen LogP contribution in [0.4, 0.5) is 0 Å². The van der Waals surface area contributed by atoms with Gasteiger partial charge in [-0.3, -0.25) is 4.79 Å². The fourth-order valence-corrected chi connectivity index (χ4v) is 2.04. The number of carbonyl (C=O) groups excluding carboxylic acids is 1. The molecule has 4 heteroatoms. The summed E-state index contributed by atoms with van der Waals surface area (Å²) in [5.41, 5.74) is 1.22. The molecule has 0 spiro atoms. The van der Waals surface area contributed by atoms with Crippen molar-refractivity contribution in [2.75, 3.05) is 34.2 Å². The van der Waals surface area contributed by atoms with Gasteiger partial charge in [-0.05, 0) is 26.7 Å². The molecule has 1 rings (SSSR count). The Morgan fingerprint density at radius 1 is 1.21 bits per heavy atom. The molecule has 0 saturated heterocycles. The number of hydrogen-bond acceptors (Lipinski definition) is 3. The zero-order valence-corrected chi connectivity index (χ0v) is 12.3. The first-order valence-electron chi connectivity index (χ1n) is 6.70. The topological polar surface area (TPSA) is 44.4 Å². The first-order valence-corrected chi connectivity index (χ1v) is 6.70. The highest BCUT2D eigenvalue weighted by Crippen LogP contribution is 2.16. The highest BCUT2D eigenvalue weighted by molar-refractivity contribution is 5.78. The minimum absolute atomic E-state index is 0.0106. The summed E-state index contributed by atoms with van der Waals surface area (Å²) in [6.45, 7) is 3.26. The first-order chi connectivity index (χ1) is 9.06. The molecule has 2 N–H and O–H groups in total. The SMILES string of the molecule is CNCC(C)C(=O)NCC(c1ccccc1)N(C)C. The molecule has 0 radical (unpaired) electrons. The zero-order chi connectivity index (χ0) is 14.3. The fraction of sp³-hybridized carbons (Fsp3) is 0.533. The Bertz CT molecular complexity index is 378. The third-order valence-electron chi connectivity index (χ3n) is 3.24. The monoisotopic (exact) mass is 263 g/mol. The standard InChI is InChI=1S/C15H25N3O/c1-12(10-16-2)15(19)17-11-14(18(3)4)13-8-6-5-7-9-13/h5-9,12,14,16H,10-11H2,1-4H3,(H,17,19). The van der Waals surface area contributed by atoms with Crippen LogP contribution >= 0.6 is 0 Å². The zero-order valence-electron chi connectivity index (χ0n) is 12.3. The van der Waals surface area contributed by atoms with Crippen LogP contribution in [0.5, 0.6) is 0 Å². The summed E-state index contributed by atoms with van der Waals surface area (Å²) in [5, 5.41) is 6.05. The van der Waals surface area contributed by atoms with Crippen LogP contribution in [0.25, 0.3) is 0 Å². The molecule has 0 bridgehead atoms. The number of amides is 1. The molecular formula is C15H25N3O. The van der Waals surface area contributed by atoms with Crippen molar-refractivity contribution in [1.82, 2.24) is 15.5 Å². The maximum absolute atomic E-state index is 11.9. The van der Waals surface area contributed by atoms with Crippen molar-refractivity contribution in [2.45, 2.75) is 13.0 Å². The van der Waals surface area contributed by atoms with Crippen molar-refractivity contribution in [1.29, 1.82) is 0 Å². The maximum atomic E-state index is 11.9. The quantitative estimate of drug-likeness (QED) is 0.778. The largest absolute Gasteiger partial charge is 0.354 e. The van der Waals surface area contributed by atoms with Crippen LogP contribution in [0, 0.1) is 5.92 Å². The number of carbonyl (C=O) groups is 1. The van der Waals surface area contributed by atoms with E-state index in [9.17, 15) is 4.79 Å². The lowest BCUT2D eigenvalue weighted by Crippen LogP contribution is -2.39. The minimum atomic E-state index is -0.0106. The van der Waals surface area contributed by atoms with E-state index in [4.69, 9.17) is 0 Å². The minimum Gasteiger partial charge on any atom is -0.354 e. The van der Waals surface area contributed by atoms with E-state index in [0.717, 1.165) is 0 Å². The summed E-state index contributed by atoms with van der Waals surface area (Å²) in [5.74, 6) is 0.0840. The van der Waals surface area contributed by atoms with E-state index in [0.29, 0.717) is 13.1 Å². The molecule has 0 saturated carbocycles. The van der Waals surface area contributed by atoms with Gasteiger partial charge in [0.05, 0.1) is 6.04 Å². The van der Waals surface area contributed by atoms with E-state index >= 15 is 0 Å². The van der Waals surface area contributed by atoms with Gasteiger partial charge in [-0.1, -0.05) is 37.3 Å². The molecule has 1 amide bonds. The highest BCUT2D eigenvalue weighted by atomic mass is 16.1. The van der Waals surface area contributed by atoms with E-state index < -0.39 is 0 Å². The summed E-state index contributed by atoms with van der Waals surface area (Å²) in [6, 6.07) is 10.4. The van der Waals surface area contributed by atoms with Gasteiger partial charge >= 0.3 is 0 Å².